The zero-order chi connectivity index (χ0) is 12.5. The molecule has 3 unspecified atom stereocenters. The number of nitrogens with one attached hydrogen (secondary N) is 1. The van der Waals surface area contributed by atoms with Gasteiger partial charge in [-0.25, -0.2) is 4.39 Å². The van der Waals surface area contributed by atoms with Crippen LogP contribution in [0.15, 0.2) is 24.3 Å². The Hall–Kier alpha value is -0.930. The predicted octanol–water partition coefficient (Wildman–Crippen LogP) is 2.57. The van der Waals surface area contributed by atoms with E-state index >= 15 is 0 Å². The van der Waals surface area contributed by atoms with Crippen molar-refractivity contribution in [1.29, 1.82) is 0 Å². The third-order valence-electron chi connectivity index (χ3n) is 4.47. The van der Waals surface area contributed by atoms with E-state index in [1.54, 1.807) is 12.1 Å². The molecule has 2 fully saturated rings. The van der Waals surface area contributed by atoms with E-state index in [4.69, 9.17) is 0 Å². The van der Waals surface area contributed by atoms with E-state index in [1.807, 2.05) is 12.1 Å². The minimum absolute atomic E-state index is 0.157. The number of piperidine rings is 1. The van der Waals surface area contributed by atoms with Crippen molar-refractivity contribution >= 4 is 0 Å². The van der Waals surface area contributed by atoms with Gasteiger partial charge < -0.3 is 10.2 Å². The van der Waals surface area contributed by atoms with E-state index in [9.17, 15) is 4.39 Å². The van der Waals surface area contributed by atoms with Gasteiger partial charge in [0.05, 0.1) is 0 Å². The summed E-state index contributed by atoms with van der Waals surface area (Å²) in [5.41, 5.74) is 1.18. The summed E-state index contributed by atoms with van der Waals surface area (Å²) in [6, 6.07) is 7.80. The first-order valence-corrected chi connectivity index (χ1v) is 6.96. The van der Waals surface area contributed by atoms with Crippen LogP contribution in [-0.2, 0) is 0 Å². The Balaban J connectivity index is 1.63. The molecule has 0 aromatic heterocycles. The molecule has 0 spiro atoms. The molecular formula is C15H21FN2. The van der Waals surface area contributed by atoms with Gasteiger partial charge in [-0.3, -0.25) is 0 Å². The topological polar surface area (TPSA) is 15.3 Å². The predicted molar refractivity (Wildman–Crippen MR) is 70.9 cm³/mol. The van der Waals surface area contributed by atoms with Gasteiger partial charge in [0.1, 0.15) is 5.82 Å². The minimum Gasteiger partial charge on any atom is -0.307 e. The van der Waals surface area contributed by atoms with E-state index in [0.717, 1.165) is 5.92 Å². The average Bonchev–Trinajstić information content (AvgIpc) is 2.76. The van der Waals surface area contributed by atoms with Gasteiger partial charge in [0.2, 0.25) is 0 Å². The summed E-state index contributed by atoms with van der Waals surface area (Å²) in [4.78, 5) is 2.56. The highest BCUT2D eigenvalue weighted by Gasteiger charge is 2.34. The summed E-state index contributed by atoms with van der Waals surface area (Å²) in [5.74, 6) is 0.650. The first-order chi connectivity index (χ1) is 8.72. The minimum atomic E-state index is -0.157. The molecule has 0 saturated carbocycles. The molecule has 0 radical (unpaired) electrons. The average molecular weight is 248 g/mol. The largest absolute Gasteiger partial charge is 0.307 e. The Labute approximate surface area is 108 Å². The van der Waals surface area contributed by atoms with Crippen LogP contribution in [0.2, 0.25) is 0 Å². The molecule has 2 aliphatic rings. The van der Waals surface area contributed by atoms with E-state index in [2.05, 4.69) is 17.1 Å². The van der Waals surface area contributed by atoms with Crippen molar-refractivity contribution in [3.8, 4) is 0 Å². The van der Waals surface area contributed by atoms with Crippen LogP contribution < -0.4 is 5.32 Å². The zero-order valence-electron chi connectivity index (χ0n) is 10.9. The third kappa shape index (κ3) is 2.43. The molecule has 2 heterocycles. The van der Waals surface area contributed by atoms with Gasteiger partial charge in [-0.2, -0.15) is 0 Å². The van der Waals surface area contributed by atoms with E-state index in [0.29, 0.717) is 12.1 Å². The molecular weight excluding hydrogens is 227 g/mol. The highest BCUT2D eigenvalue weighted by Crippen LogP contribution is 2.28. The van der Waals surface area contributed by atoms with Gasteiger partial charge in [-0.15, -0.1) is 0 Å². The van der Waals surface area contributed by atoms with Crippen LogP contribution in [0.25, 0.3) is 0 Å². The van der Waals surface area contributed by atoms with Crippen LogP contribution in [0, 0.1) is 11.7 Å². The normalized spacial score (nSPS) is 32.4. The number of hydrogen-bond donors (Lipinski definition) is 1. The number of fused-ring (bicyclic) bond motifs is 2. The molecule has 3 heteroatoms. The second-order valence-corrected chi connectivity index (χ2v) is 5.68. The summed E-state index contributed by atoms with van der Waals surface area (Å²) >= 11 is 0. The van der Waals surface area contributed by atoms with Crippen molar-refractivity contribution in [3.63, 3.8) is 0 Å². The highest BCUT2D eigenvalue weighted by atomic mass is 19.1. The molecule has 2 saturated heterocycles. The summed E-state index contributed by atoms with van der Waals surface area (Å²) in [7, 11) is 0. The van der Waals surface area contributed by atoms with Crippen LogP contribution in [-0.4, -0.2) is 30.6 Å². The van der Waals surface area contributed by atoms with Crippen LogP contribution in [0.3, 0.4) is 0 Å². The third-order valence-corrected chi connectivity index (χ3v) is 4.47. The van der Waals surface area contributed by atoms with Crippen LogP contribution in [0.1, 0.15) is 31.4 Å². The Morgan fingerprint density at radius 3 is 2.72 bits per heavy atom. The molecule has 98 valence electrons. The smallest absolute Gasteiger partial charge is 0.123 e. The monoisotopic (exact) mass is 248 g/mol. The summed E-state index contributed by atoms with van der Waals surface area (Å²) in [5, 5.41) is 3.73. The van der Waals surface area contributed by atoms with Crippen LogP contribution in [0.5, 0.6) is 0 Å². The van der Waals surface area contributed by atoms with Gasteiger partial charge in [-0.05, 0) is 56.5 Å². The maximum atomic E-state index is 12.9. The lowest BCUT2D eigenvalue weighted by Gasteiger charge is -2.33. The van der Waals surface area contributed by atoms with Crippen molar-refractivity contribution in [3.05, 3.63) is 35.6 Å². The second kappa shape index (κ2) is 4.98. The molecule has 0 amide bonds. The number of halogens is 1. The Morgan fingerprint density at radius 1 is 1.22 bits per heavy atom. The molecule has 18 heavy (non-hydrogen) atoms. The van der Waals surface area contributed by atoms with E-state index in [1.165, 1.54) is 38.0 Å². The molecule has 1 N–H and O–H groups in total. The fraction of sp³-hybridized carbons (Fsp3) is 0.600. The molecule has 3 rings (SSSR count). The highest BCUT2D eigenvalue weighted by molar-refractivity contribution is 5.19. The van der Waals surface area contributed by atoms with Gasteiger partial charge in [-0.1, -0.05) is 12.1 Å². The maximum absolute atomic E-state index is 12.9. The lowest BCUT2D eigenvalue weighted by atomic mass is 9.93. The molecule has 4 atom stereocenters. The zero-order valence-corrected chi connectivity index (χ0v) is 10.9. The van der Waals surface area contributed by atoms with Crippen LogP contribution >= 0.6 is 0 Å². The quantitative estimate of drug-likeness (QED) is 0.884. The van der Waals surface area contributed by atoms with E-state index < -0.39 is 0 Å². The Kier molecular flexibility index (Phi) is 3.35. The lowest BCUT2D eigenvalue weighted by Crippen LogP contribution is -2.44. The Bertz CT molecular complexity index is 403. The van der Waals surface area contributed by atoms with E-state index in [-0.39, 0.29) is 5.82 Å². The molecule has 0 aliphatic carbocycles. The fourth-order valence-corrected chi connectivity index (χ4v) is 3.34. The molecule has 2 nitrogen and oxygen atoms in total. The summed E-state index contributed by atoms with van der Waals surface area (Å²) in [6.07, 6.45) is 2.57. The molecule has 2 bridgehead atoms. The van der Waals surface area contributed by atoms with Crippen molar-refractivity contribution in [2.45, 2.75) is 31.8 Å². The van der Waals surface area contributed by atoms with Gasteiger partial charge in [0.15, 0.2) is 0 Å². The van der Waals surface area contributed by atoms with Crippen molar-refractivity contribution in [2.75, 3.05) is 19.6 Å². The fourth-order valence-electron chi connectivity index (χ4n) is 3.34. The van der Waals surface area contributed by atoms with Crippen LogP contribution in [0.4, 0.5) is 4.39 Å². The molecule has 1 aromatic carbocycles. The van der Waals surface area contributed by atoms with Gasteiger partial charge in [0, 0.05) is 18.6 Å². The Morgan fingerprint density at radius 2 is 1.94 bits per heavy atom. The standard InChI is InChI=1S/C15H21FN2/c1-11(12-2-4-14(16)5-3-12)17-15-7-9-18-8-6-13(15)10-18/h2-5,11,13,15,17H,6-10H2,1H3/t11-,13?,15?/m1/s1. The number of hydrogen-bond acceptors (Lipinski definition) is 2. The molecule has 1 aromatic rings. The van der Waals surface area contributed by atoms with Crippen molar-refractivity contribution < 1.29 is 4.39 Å². The van der Waals surface area contributed by atoms with Gasteiger partial charge >= 0.3 is 0 Å². The lowest BCUT2D eigenvalue weighted by molar-refractivity contribution is 0.212. The maximum Gasteiger partial charge on any atom is 0.123 e. The second-order valence-electron chi connectivity index (χ2n) is 5.68. The van der Waals surface area contributed by atoms with Gasteiger partial charge in [0.25, 0.3) is 0 Å². The number of nitrogens with zero attached hydrogens (tertiary/aromatic N) is 1. The molecule has 2 aliphatic heterocycles. The first-order valence-electron chi connectivity index (χ1n) is 6.96. The SMILES string of the molecule is C[C@@H](NC1CCN2CCC1C2)c1ccc(F)cc1. The number of rotatable bonds is 3. The number of benzene rings is 1. The van der Waals surface area contributed by atoms with Crippen molar-refractivity contribution in [1.82, 2.24) is 10.2 Å². The summed E-state index contributed by atoms with van der Waals surface area (Å²) in [6.45, 7) is 5.93. The first kappa shape index (κ1) is 12.1. The van der Waals surface area contributed by atoms with Crippen molar-refractivity contribution in [2.24, 2.45) is 5.92 Å². The summed E-state index contributed by atoms with van der Waals surface area (Å²) < 4.78 is 12.9.